The summed E-state index contributed by atoms with van der Waals surface area (Å²) in [4.78, 5) is 32.7. The zero-order chi connectivity index (χ0) is 27.1. The van der Waals surface area contributed by atoms with Crippen LogP contribution in [0.3, 0.4) is 0 Å². The summed E-state index contributed by atoms with van der Waals surface area (Å²) < 4.78 is 30.4. The van der Waals surface area contributed by atoms with Gasteiger partial charge in [0.15, 0.2) is 5.13 Å². The molecule has 1 amide bonds. The summed E-state index contributed by atoms with van der Waals surface area (Å²) in [5, 5.41) is 11.9. The van der Waals surface area contributed by atoms with Gasteiger partial charge in [0.2, 0.25) is 0 Å². The number of amides is 1. The normalized spacial score (nSPS) is 16.8. The Morgan fingerprint density at radius 1 is 1.03 bits per heavy atom. The minimum atomic E-state index is -1.08. The molecule has 0 aliphatic carbocycles. The first-order chi connectivity index (χ1) is 18.3. The zero-order valence-corrected chi connectivity index (χ0v) is 21.9. The fraction of sp³-hybridized carbons (Fsp3) is 0.148. The Bertz CT molecular complexity index is 1640. The molecular formula is C27H20ClFN2O6S. The number of carbonyl (C=O) groups excluding carboxylic acids is 2. The summed E-state index contributed by atoms with van der Waals surface area (Å²) >= 11 is 7.28. The van der Waals surface area contributed by atoms with Gasteiger partial charge in [-0.1, -0.05) is 35.1 Å². The third-order valence-corrected chi connectivity index (χ3v) is 7.44. The molecule has 1 atom stereocenters. The summed E-state index contributed by atoms with van der Waals surface area (Å²) in [6, 6.07) is 12.6. The van der Waals surface area contributed by atoms with Gasteiger partial charge in [0.1, 0.15) is 28.8 Å². The average Bonchev–Trinajstić information content (AvgIpc) is 3.45. The van der Waals surface area contributed by atoms with Crippen LogP contribution in [0.5, 0.6) is 17.2 Å². The second kappa shape index (κ2) is 9.96. The molecule has 1 aromatic heterocycles. The van der Waals surface area contributed by atoms with Crippen molar-refractivity contribution in [1.29, 1.82) is 0 Å². The quantitative estimate of drug-likeness (QED) is 0.184. The third kappa shape index (κ3) is 4.21. The second-order valence-corrected chi connectivity index (χ2v) is 9.66. The van der Waals surface area contributed by atoms with E-state index in [1.165, 1.54) is 56.6 Å². The number of ketones is 1. The number of nitrogens with zero attached hydrogens (tertiary/aromatic N) is 2. The SMILES string of the molecule is COc1cccc(C2/C(=C(\O)c3cc(OC)c(Cl)cc3OC)C(=O)C(=O)N2c2nc3ccc(F)cc3s2)c1. The number of ether oxygens (including phenoxy) is 3. The molecule has 1 aliphatic heterocycles. The first kappa shape index (κ1) is 25.5. The Kier molecular flexibility index (Phi) is 6.68. The van der Waals surface area contributed by atoms with E-state index in [2.05, 4.69) is 4.98 Å². The first-order valence-corrected chi connectivity index (χ1v) is 12.4. The monoisotopic (exact) mass is 554 g/mol. The van der Waals surface area contributed by atoms with E-state index >= 15 is 0 Å². The molecule has 0 bridgehead atoms. The topological polar surface area (TPSA) is 98.2 Å². The second-order valence-electron chi connectivity index (χ2n) is 8.24. The maximum absolute atomic E-state index is 13.9. The molecule has 4 aromatic rings. The van der Waals surface area contributed by atoms with Crippen LogP contribution in [0.25, 0.3) is 16.0 Å². The fourth-order valence-electron chi connectivity index (χ4n) is 4.34. The third-order valence-electron chi connectivity index (χ3n) is 6.13. The highest BCUT2D eigenvalue weighted by molar-refractivity contribution is 7.22. The molecule has 8 nitrogen and oxygen atoms in total. The number of halogens is 2. The van der Waals surface area contributed by atoms with Crippen LogP contribution in [-0.4, -0.2) is 43.1 Å². The fourth-order valence-corrected chi connectivity index (χ4v) is 5.58. The van der Waals surface area contributed by atoms with Crippen LogP contribution in [0.4, 0.5) is 9.52 Å². The summed E-state index contributed by atoms with van der Waals surface area (Å²) in [5.41, 5.74) is 0.847. The lowest BCUT2D eigenvalue weighted by molar-refractivity contribution is -0.132. The highest BCUT2D eigenvalue weighted by Crippen LogP contribution is 2.46. The van der Waals surface area contributed by atoms with Crippen molar-refractivity contribution in [3.63, 3.8) is 0 Å². The van der Waals surface area contributed by atoms with Crippen LogP contribution in [0.15, 0.2) is 60.2 Å². The van der Waals surface area contributed by atoms with Gasteiger partial charge in [0, 0.05) is 6.07 Å². The Labute approximate surface area is 225 Å². The summed E-state index contributed by atoms with van der Waals surface area (Å²) in [5.74, 6) is -1.91. The number of aromatic nitrogens is 1. The van der Waals surface area contributed by atoms with E-state index in [9.17, 15) is 19.1 Å². The highest BCUT2D eigenvalue weighted by atomic mass is 35.5. The van der Waals surface area contributed by atoms with Crippen LogP contribution in [0.2, 0.25) is 5.02 Å². The number of methoxy groups -OCH3 is 3. The van der Waals surface area contributed by atoms with Gasteiger partial charge >= 0.3 is 5.91 Å². The van der Waals surface area contributed by atoms with Crippen LogP contribution in [-0.2, 0) is 9.59 Å². The molecule has 1 saturated heterocycles. The van der Waals surface area contributed by atoms with E-state index in [1.54, 1.807) is 24.3 Å². The summed E-state index contributed by atoms with van der Waals surface area (Å²) in [7, 11) is 4.28. The number of hydrogen-bond acceptors (Lipinski definition) is 8. The lowest BCUT2D eigenvalue weighted by Crippen LogP contribution is -2.29. The highest BCUT2D eigenvalue weighted by Gasteiger charge is 2.48. The summed E-state index contributed by atoms with van der Waals surface area (Å²) in [6.45, 7) is 0. The first-order valence-electron chi connectivity index (χ1n) is 11.2. The number of aliphatic hydroxyl groups excluding tert-OH is 1. The van der Waals surface area contributed by atoms with Crippen molar-refractivity contribution in [3.8, 4) is 17.2 Å². The van der Waals surface area contributed by atoms with E-state index in [0.29, 0.717) is 21.5 Å². The number of benzene rings is 3. The van der Waals surface area contributed by atoms with Gasteiger partial charge in [-0.15, -0.1) is 0 Å². The maximum atomic E-state index is 13.9. The van der Waals surface area contributed by atoms with Gasteiger partial charge in [-0.2, -0.15) is 0 Å². The van der Waals surface area contributed by atoms with E-state index < -0.39 is 29.3 Å². The van der Waals surface area contributed by atoms with Gasteiger partial charge in [0.05, 0.1) is 53.7 Å². The summed E-state index contributed by atoms with van der Waals surface area (Å²) in [6.07, 6.45) is 0. The Morgan fingerprint density at radius 3 is 2.50 bits per heavy atom. The van der Waals surface area contributed by atoms with E-state index in [4.69, 9.17) is 25.8 Å². The van der Waals surface area contributed by atoms with E-state index in [1.807, 2.05) is 0 Å². The Balaban J connectivity index is 1.78. The van der Waals surface area contributed by atoms with Crippen LogP contribution < -0.4 is 19.1 Å². The molecule has 1 aliphatic rings. The van der Waals surface area contributed by atoms with Crippen molar-refractivity contribution in [1.82, 2.24) is 4.98 Å². The number of rotatable bonds is 6. The smallest absolute Gasteiger partial charge is 0.301 e. The molecule has 0 spiro atoms. The van der Waals surface area contributed by atoms with Crippen molar-refractivity contribution in [2.45, 2.75) is 6.04 Å². The van der Waals surface area contributed by atoms with Crippen LogP contribution in [0, 0.1) is 5.82 Å². The number of hydrogen-bond donors (Lipinski definition) is 1. The molecule has 11 heteroatoms. The van der Waals surface area contributed by atoms with Gasteiger partial charge in [0.25, 0.3) is 5.78 Å². The lowest BCUT2D eigenvalue weighted by Gasteiger charge is -2.23. The zero-order valence-electron chi connectivity index (χ0n) is 20.3. The molecule has 1 fully saturated rings. The molecule has 38 heavy (non-hydrogen) atoms. The lowest BCUT2D eigenvalue weighted by atomic mass is 9.95. The van der Waals surface area contributed by atoms with Gasteiger partial charge in [-0.25, -0.2) is 9.37 Å². The van der Waals surface area contributed by atoms with Gasteiger partial charge in [-0.3, -0.25) is 14.5 Å². The standard InChI is InChI=1S/C27H20ClFN2O6S/c1-35-15-6-4-5-13(9-15)23-22(24(32)16-11-20(37-3)17(28)12-19(16)36-2)25(33)26(34)31(23)27-30-18-8-7-14(29)10-21(18)38-27/h4-12,23,32H,1-3H3/b24-22+. The molecule has 1 unspecified atom stereocenters. The van der Waals surface area contributed by atoms with Crippen LogP contribution in [0.1, 0.15) is 17.2 Å². The predicted octanol–water partition coefficient (Wildman–Crippen LogP) is 5.74. The van der Waals surface area contributed by atoms with E-state index in [-0.39, 0.29) is 32.8 Å². The Hall–Kier alpha value is -4.15. The van der Waals surface area contributed by atoms with Gasteiger partial charge < -0.3 is 19.3 Å². The van der Waals surface area contributed by atoms with Crippen molar-refractivity contribution in [2.24, 2.45) is 0 Å². The molecule has 0 saturated carbocycles. The predicted molar refractivity (Wildman–Crippen MR) is 142 cm³/mol. The van der Waals surface area contributed by atoms with Crippen LogP contribution >= 0.6 is 22.9 Å². The van der Waals surface area contributed by atoms with Crippen molar-refractivity contribution in [2.75, 3.05) is 26.2 Å². The minimum absolute atomic E-state index is 0.103. The number of thiazole rings is 1. The van der Waals surface area contributed by atoms with Crippen molar-refractivity contribution in [3.05, 3.63) is 82.1 Å². The molecule has 2 heterocycles. The molecule has 1 N–H and O–H groups in total. The van der Waals surface area contributed by atoms with Crippen molar-refractivity contribution < 1.29 is 33.3 Å². The maximum Gasteiger partial charge on any atom is 0.301 e. The Morgan fingerprint density at radius 2 is 1.79 bits per heavy atom. The van der Waals surface area contributed by atoms with Gasteiger partial charge in [-0.05, 0) is 42.0 Å². The largest absolute Gasteiger partial charge is 0.507 e. The molecular weight excluding hydrogens is 535 g/mol. The minimum Gasteiger partial charge on any atom is -0.507 e. The van der Waals surface area contributed by atoms with E-state index in [0.717, 1.165) is 11.3 Å². The number of aliphatic hydroxyl groups is 1. The molecule has 5 rings (SSSR count). The number of carbonyl (C=O) groups is 2. The molecule has 194 valence electrons. The molecule has 3 aromatic carbocycles. The molecule has 0 radical (unpaired) electrons. The average molecular weight is 555 g/mol. The number of Topliss-reactive ketones (excluding diaryl/α,β-unsaturated/α-hetero) is 1. The number of anilines is 1. The number of fused-ring (bicyclic) bond motifs is 1. The van der Waals surface area contributed by atoms with Crippen molar-refractivity contribution >= 4 is 55.7 Å².